The highest BCUT2D eigenvalue weighted by Gasteiger charge is 2.20. The average molecular weight is 414 g/mol. The predicted octanol–water partition coefficient (Wildman–Crippen LogP) is 4.77. The molecule has 30 heavy (non-hydrogen) atoms. The number of ether oxygens (including phenoxy) is 3. The van der Waals surface area contributed by atoms with Crippen LogP contribution in [0.4, 0.5) is 0 Å². The van der Waals surface area contributed by atoms with E-state index in [0.29, 0.717) is 12.4 Å². The third-order valence-corrected chi connectivity index (χ3v) is 4.74. The maximum absolute atomic E-state index is 12.2. The summed E-state index contributed by atoms with van der Waals surface area (Å²) < 4.78 is 15.7. The molecule has 6 nitrogen and oxygen atoms in total. The van der Waals surface area contributed by atoms with E-state index in [4.69, 9.17) is 14.2 Å². The zero-order valence-electron chi connectivity index (χ0n) is 17.6. The van der Waals surface area contributed by atoms with Crippen molar-refractivity contribution in [1.82, 2.24) is 0 Å². The summed E-state index contributed by atoms with van der Waals surface area (Å²) in [4.78, 5) is 35.7. The number of carbonyl (C=O) groups excluding carboxylic acids is 3. The van der Waals surface area contributed by atoms with E-state index in [-0.39, 0.29) is 18.1 Å². The summed E-state index contributed by atoms with van der Waals surface area (Å²) in [6.07, 6.45) is 9.59. The Labute approximate surface area is 177 Å². The molecule has 0 spiro atoms. The second-order valence-corrected chi connectivity index (χ2v) is 7.34. The molecule has 0 aliphatic heterocycles. The molecule has 6 heteroatoms. The van der Waals surface area contributed by atoms with Gasteiger partial charge >= 0.3 is 17.9 Å². The minimum Gasteiger partial charge on any atom is -0.463 e. The van der Waals surface area contributed by atoms with Gasteiger partial charge in [-0.05, 0) is 55.9 Å². The topological polar surface area (TPSA) is 78.9 Å². The Morgan fingerprint density at radius 2 is 1.80 bits per heavy atom. The maximum atomic E-state index is 12.2. The number of rotatable bonds is 10. The second kappa shape index (κ2) is 12.6. The number of hydrogen-bond acceptors (Lipinski definition) is 6. The fourth-order valence-electron chi connectivity index (χ4n) is 3.01. The summed E-state index contributed by atoms with van der Waals surface area (Å²) in [6, 6.07) is 6.62. The third-order valence-electron chi connectivity index (χ3n) is 4.74. The molecule has 0 atom stereocenters. The van der Waals surface area contributed by atoms with Gasteiger partial charge < -0.3 is 14.2 Å². The first-order valence-electron chi connectivity index (χ1n) is 10.5. The van der Waals surface area contributed by atoms with Crippen LogP contribution in [0.5, 0.6) is 5.75 Å². The first kappa shape index (κ1) is 23.4. The van der Waals surface area contributed by atoms with Crippen molar-refractivity contribution in [1.29, 1.82) is 0 Å². The fraction of sp³-hybridized carbons (Fsp3) is 0.458. The van der Waals surface area contributed by atoms with Gasteiger partial charge in [0.2, 0.25) is 0 Å². The zero-order chi connectivity index (χ0) is 21.8. The molecule has 0 unspecified atom stereocenters. The Bertz CT molecular complexity index is 756. The molecular weight excluding hydrogens is 384 g/mol. The van der Waals surface area contributed by atoms with E-state index >= 15 is 0 Å². The van der Waals surface area contributed by atoms with Crippen LogP contribution < -0.4 is 4.74 Å². The highest BCUT2D eigenvalue weighted by atomic mass is 16.5. The van der Waals surface area contributed by atoms with Crippen LogP contribution in [0.25, 0.3) is 6.08 Å². The Hall–Kier alpha value is -2.89. The van der Waals surface area contributed by atoms with Crippen LogP contribution in [0.2, 0.25) is 0 Å². The van der Waals surface area contributed by atoms with Crippen molar-refractivity contribution >= 4 is 24.0 Å². The van der Waals surface area contributed by atoms with Crippen LogP contribution >= 0.6 is 0 Å². The fourth-order valence-corrected chi connectivity index (χ4v) is 3.01. The summed E-state index contributed by atoms with van der Waals surface area (Å²) in [7, 11) is 0. The van der Waals surface area contributed by atoms with Crippen LogP contribution in [0.3, 0.4) is 0 Å². The molecule has 0 N–H and O–H groups in total. The van der Waals surface area contributed by atoms with E-state index in [1.54, 1.807) is 30.3 Å². The lowest BCUT2D eigenvalue weighted by atomic mass is 9.98. The van der Waals surface area contributed by atoms with E-state index in [2.05, 4.69) is 6.58 Å². The first-order chi connectivity index (χ1) is 14.5. The Morgan fingerprint density at radius 1 is 1.10 bits per heavy atom. The van der Waals surface area contributed by atoms with Gasteiger partial charge in [0.15, 0.2) is 0 Å². The maximum Gasteiger partial charge on any atom is 0.339 e. The molecule has 0 aromatic heterocycles. The molecular formula is C24H30O6. The molecule has 0 amide bonds. The Balaban J connectivity index is 1.76. The van der Waals surface area contributed by atoms with Gasteiger partial charge in [-0.1, -0.05) is 38.5 Å². The number of hydrogen-bond donors (Lipinski definition) is 0. The lowest BCUT2D eigenvalue weighted by Crippen LogP contribution is -2.22. The normalized spacial score (nSPS) is 14.3. The van der Waals surface area contributed by atoms with Gasteiger partial charge in [0.05, 0.1) is 13.0 Å². The highest BCUT2D eigenvalue weighted by Crippen LogP contribution is 2.21. The standard InChI is InChI=1S/C24H30O6/c1-3-4-16-28-22(25)15-12-19-10-13-21(14-11-19)30-24(27)18(2)17-23(26)29-20-8-6-5-7-9-20/h10-15,20H,2-9,16-17H2,1H3/b15-12+. The van der Waals surface area contributed by atoms with Crippen molar-refractivity contribution in [3.8, 4) is 5.75 Å². The Kier molecular flexibility index (Phi) is 9.84. The number of unbranched alkanes of at least 4 members (excludes halogenated alkanes) is 1. The van der Waals surface area contributed by atoms with Gasteiger partial charge in [0.1, 0.15) is 11.9 Å². The van der Waals surface area contributed by atoms with Gasteiger partial charge in [0, 0.05) is 11.6 Å². The van der Waals surface area contributed by atoms with E-state index in [9.17, 15) is 14.4 Å². The van der Waals surface area contributed by atoms with Crippen molar-refractivity contribution in [2.75, 3.05) is 6.61 Å². The zero-order valence-corrected chi connectivity index (χ0v) is 17.6. The molecule has 0 heterocycles. The minimum atomic E-state index is -0.668. The van der Waals surface area contributed by atoms with E-state index < -0.39 is 17.9 Å². The lowest BCUT2D eigenvalue weighted by molar-refractivity contribution is -0.150. The van der Waals surface area contributed by atoms with Crippen LogP contribution in [0, 0.1) is 0 Å². The molecule has 0 saturated heterocycles. The smallest absolute Gasteiger partial charge is 0.339 e. The van der Waals surface area contributed by atoms with E-state index in [1.807, 2.05) is 6.92 Å². The molecule has 1 aliphatic rings. The van der Waals surface area contributed by atoms with E-state index in [0.717, 1.165) is 44.1 Å². The molecule has 1 fully saturated rings. The summed E-state index contributed by atoms with van der Waals surface area (Å²) >= 11 is 0. The van der Waals surface area contributed by atoms with Crippen molar-refractivity contribution < 1.29 is 28.6 Å². The van der Waals surface area contributed by atoms with Crippen LogP contribution in [-0.4, -0.2) is 30.6 Å². The molecule has 1 aromatic carbocycles. The Morgan fingerprint density at radius 3 is 2.47 bits per heavy atom. The van der Waals surface area contributed by atoms with Gasteiger partial charge in [-0.25, -0.2) is 9.59 Å². The number of benzene rings is 1. The van der Waals surface area contributed by atoms with Gasteiger partial charge in [0.25, 0.3) is 0 Å². The summed E-state index contributed by atoms with van der Waals surface area (Å²) in [5, 5.41) is 0. The summed E-state index contributed by atoms with van der Waals surface area (Å²) in [6.45, 7) is 6.08. The summed E-state index contributed by atoms with van der Waals surface area (Å²) in [5.74, 6) is -1.19. The van der Waals surface area contributed by atoms with Gasteiger partial charge in [-0.15, -0.1) is 0 Å². The predicted molar refractivity (Wildman–Crippen MR) is 114 cm³/mol. The molecule has 162 valence electrons. The van der Waals surface area contributed by atoms with E-state index in [1.165, 1.54) is 12.5 Å². The van der Waals surface area contributed by atoms with Crippen LogP contribution in [0.15, 0.2) is 42.5 Å². The average Bonchev–Trinajstić information content (AvgIpc) is 2.74. The van der Waals surface area contributed by atoms with Crippen molar-refractivity contribution in [3.05, 3.63) is 48.1 Å². The van der Waals surface area contributed by atoms with Gasteiger partial charge in [-0.3, -0.25) is 4.79 Å². The first-order valence-corrected chi connectivity index (χ1v) is 10.5. The molecule has 0 bridgehead atoms. The number of carbonyl (C=O) groups is 3. The van der Waals surface area contributed by atoms with Crippen molar-refractivity contribution in [3.63, 3.8) is 0 Å². The SMILES string of the molecule is C=C(CC(=O)OC1CCCCC1)C(=O)Oc1ccc(/C=C/C(=O)OCCCC)cc1. The lowest BCUT2D eigenvalue weighted by Gasteiger charge is -2.21. The summed E-state index contributed by atoms with van der Waals surface area (Å²) in [5.41, 5.74) is 0.812. The van der Waals surface area contributed by atoms with Gasteiger partial charge in [-0.2, -0.15) is 0 Å². The molecule has 1 aromatic rings. The highest BCUT2D eigenvalue weighted by molar-refractivity contribution is 5.94. The largest absolute Gasteiger partial charge is 0.463 e. The monoisotopic (exact) mass is 414 g/mol. The van der Waals surface area contributed by atoms with Crippen molar-refractivity contribution in [2.24, 2.45) is 0 Å². The second-order valence-electron chi connectivity index (χ2n) is 7.34. The molecule has 1 aliphatic carbocycles. The molecule has 1 saturated carbocycles. The minimum absolute atomic E-state index is 0.0506. The van der Waals surface area contributed by atoms with Crippen LogP contribution in [-0.2, 0) is 23.9 Å². The third kappa shape index (κ3) is 8.64. The number of esters is 3. The molecule has 2 rings (SSSR count). The van der Waals surface area contributed by atoms with Crippen molar-refractivity contribution in [2.45, 2.75) is 64.4 Å². The molecule has 0 radical (unpaired) electrons. The quantitative estimate of drug-likeness (QED) is 0.237. The van der Waals surface area contributed by atoms with Crippen LogP contribution in [0.1, 0.15) is 63.9 Å².